The van der Waals surface area contributed by atoms with E-state index < -0.39 is 15.9 Å². The van der Waals surface area contributed by atoms with Crippen molar-refractivity contribution in [2.24, 2.45) is 0 Å². The fourth-order valence-corrected chi connectivity index (χ4v) is 4.58. The van der Waals surface area contributed by atoms with Gasteiger partial charge in [-0.3, -0.25) is 9.10 Å². The zero-order valence-electron chi connectivity index (χ0n) is 17.4. The molecule has 0 atom stereocenters. The minimum atomic E-state index is -3.70. The van der Waals surface area contributed by atoms with Gasteiger partial charge in [-0.1, -0.05) is 0 Å². The summed E-state index contributed by atoms with van der Waals surface area (Å²) in [5.41, 5.74) is 0.904. The largest absolute Gasteiger partial charge is 0.490 e. The third-order valence-corrected chi connectivity index (χ3v) is 6.38. The second kappa shape index (κ2) is 9.05. The molecular formula is C22H26N2O6S. The molecule has 1 heterocycles. The third kappa shape index (κ3) is 5.41. The van der Waals surface area contributed by atoms with Crippen LogP contribution < -0.4 is 23.8 Å². The van der Waals surface area contributed by atoms with Gasteiger partial charge in [0.05, 0.1) is 18.0 Å². The number of benzene rings is 2. The summed E-state index contributed by atoms with van der Waals surface area (Å²) in [6.45, 7) is 0.462. The monoisotopic (exact) mass is 446 g/mol. The van der Waals surface area contributed by atoms with Gasteiger partial charge in [-0.05, 0) is 62.1 Å². The van der Waals surface area contributed by atoms with Crippen molar-refractivity contribution < 1.29 is 27.4 Å². The molecule has 1 aliphatic heterocycles. The zero-order valence-corrected chi connectivity index (χ0v) is 18.2. The maximum atomic E-state index is 12.6. The van der Waals surface area contributed by atoms with Crippen molar-refractivity contribution in [2.45, 2.75) is 31.8 Å². The summed E-state index contributed by atoms with van der Waals surface area (Å²) < 4.78 is 42.7. The van der Waals surface area contributed by atoms with Crippen molar-refractivity contribution in [2.75, 3.05) is 35.6 Å². The van der Waals surface area contributed by atoms with Gasteiger partial charge in [0.15, 0.2) is 11.5 Å². The number of carbonyl (C=O) groups excluding carboxylic acids is 1. The molecule has 4 rings (SSSR count). The molecule has 1 saturated carbocycles. The van der Waals surface area contributed by atoms with Crippen LogP contribution in [0.4, 0.5) is 11.4 Å². The molecular weight excluding hydrogens is 420 g/mol. The van der Waals surface area contributed by atoms with Crippen LogP contribution in [0.15, 0.2) is 42.5 Å². The van der Waals surface area contributed by atoms with Crippen molar-refractivity contribution in [1.29, 1.82) is 0 Å². The molecule has 8 nitrogen and oxygen atoms in total. The predicted octanol–water partition coefficient (Wildman–Crippen LogP) is 3.18. The van der Waals surface area contributed by atoms with Crippen LogP contribution in [0.3, 0.4) is 0 Å². The maximum absolute atomic E-state index is 12.6. The van der Waals surface area contributed by atoms with Crippen molar-refractivity contribution in [1.82, 2.24) is 0 Å². The van der Waals surface area contributed by atoms with Gasteiger partial charge >= 0.3 is 0 Å². The van der Waals surface area contributed by atoms with E-state index in [1.807, 2.05) is 12.1 Å². The van der Waals surface area contributed by atoms with Crippen molar-refractivity contribution in [3.63, 3.8) is 0 Å². The number of carbonyl (C=O) groups is 1. The number of hydrogen-bond acceptors (Lipinski definition) is 6. The van der Waals surface area contributed by atoms with Gasteiger partial charge in [-0.2, -0.15) is 0 Å². The van der Waals surface area contributed by atoms with E-state index in [1.165, 1.54) is 12.8 Å². The lowest BCUT2D eigenvalue weighted by atomic mass is 10.2. The van der Waals surface area contributed by atoms with Crippen LogP contribution >= 0.6 is 0 Å². The molecule has 1 aliphatic carbocycles. The van der Waals surface area contributed by atoms with Crippen molar-refractivity contribution >= 4 is 27.3 Å². The number of ether oxygens (including phenoxy) is 3. The standard InChI is InChI=1S/C22H26N2O6S/c1-31(26,27)24(17-8-11-20-21(14-17)29-13-12-28-20)15-22(25)23-16-6-9-19(10-7-16)30-18-4-2-3-5-18/h6-11,14,18H,2-5,12-13,15H2,1H3,(H,23,25). The summed E-state index contributed by atoms with van der Waals surface area (Å²) in [4.78, 5) is 12.6. The molecule has 0 bridgehead atoms. The first-order valence-electron chi connectivity index (χ1n) is 10.3. The van der Waals surface area contributed by atoms with Crippen LogP contribution in [-0.4, -0.2) is 46.4 Å². The lowest BCUT2D eigenvalue weighted by Gasteiger charge is -2.24. The molecule has 0 aromatic heterocycles. The van der Waals surface area contributed by atoms with Gasteiger partial charge in [-0.15, -0.1) is 0 Å². The molecule has 1 fully saturated rings. The minimum Gasteiger partial charge on any atom is -0.490 e. The van der Waals surface area contributed by atoms with Gasteiger partial charge in [0.25, 0.3) is 0 Å². The van der Waals surface area contributed by atoms with Crippen LogP contribution in [0.2, 0.25) is 0 Å². The molecule has 1 amide bonds. The Morgan fingerprint density at radius 3 is 2.42 bits per heavy atom. The van der Waals surface area contributed by atoms with E-state index in [1.54, 1.807) is 30.3 Å². The minimum absolute atomic E-state index is 0.259. The fraction of sp³-hybridized carbons (Fsp3) is 0.409. The van der Waals surface area contributed by atoms with E-state index in [0.29, 0.717) is 36.1 Å². The predicted molar refractivity (Wildman–Crippen MR) is 118 cm³/mol. The highest BCUT2D eigenvalue weighted by Crippen LogP contribution is 2.34. The fourth-order valence-electron chi connectivity index (χ4n) is 3.73. The number of nitrogens with one attached hydrogen (secondary N) is 1. The van der Waals surface area contributed by atoms with Crippen LogP contribution in [0.1, 0.15) is 25.7 Å². The van der Waals surface area contributed by atoms with Gasteiger partial charge in [-0.25, -0.2) is 8.42 Å². The summed E-state index contributed by atoms with van der Waals surface area (Å²) in [5, 5.41) is 2.74. The average Bonchev–Trinajstić information content (AvgIpc) is 3.25. The number of rotatable bonds is 7. The second-order valence-corrected chi connectivity index (χ2v) is 9.60. The molecule has 2 aromatic rings. The highest BCUT2D eigenvalue weighted by molar-refractivity contribution is 7.92. The normalized spacial score (nSPS) is 16.0. The molecule has 0 unspecified atom stereocenters. The van der Waals surface area contributed by atoms with E-state index in [0.717, 1.165) is 29.2 Å². The number of amides is 1. The summed E-state index contributed by atoms with van der Waals surface area (Å²) in [6, 6.07) is 11.9. The van der Waals surface area contributed by atoms with Gasteiger partial charge in [0, 0.05) is 11.8 Å². The number of nitrogens with zero attached hydrogens (tertiary/aromatic N) is 1. The third-order valence-electron chi connectivity index (χ3n) is 5.24. The first-order valence-corrected chi connectivity index (χ1v) is 12.2. The number of anilines is 2. The molecule has 1 N–H and O–H groups in total. The van der Waals surface area contributed by atoms with Crippen molar-refractivity contribution in [3.05, 3.63) is 42.5 Å². The Bertz CT molecular complexity index is 1030. The summed E-state index contributed by atoms with van der Waals surface area (Å²) in [5.74, 6) is 1.31. The Hall–Kier alpha value is -2.94. The maximum Gasteiger partial charge on any atom is 0.245 e. The molecule has 9 heteroatoms. The topological polar surface area (TPSA) is 94.2 Å². The van der Waals surface area contributed by atoms with E-state index >= 15 is 0 Å². The summed E-state index contributed by atoms with van der Waals surface area (Å²) >= 11 is 0. The Morgan fingerprint density at radius 2 is 1.74 bits per heavy atom. The number of sulfonamides is 1. The van der Waals surface area contributed by atoms with Crippen molar-refractivity contribution in [3.8, 4) is 17.2 Å². The molecule has 0 saturated heterocycles. The first-order chi connectivity index (χ1) is 14.9. The lowest BCUT2D eigenvalue weighted by Crippen LogP contribution is -2.37. The second-order valence-electron chi connectivity index (χ2n) is 7.69. The molecule has 166 valence electrons. The molecule has 0 spiro atoms. The quantitative estimate of drug-likeness (QED) is 0.702. The lowest BCUT2D eigenvalue weighted by molar-refractivity contribution is -0.114. The molecule has 31 heavy (non-hydrogen) atoms. The first kappa shape index (κ1) is 21.3. The van der Waals surface area contributed by atoms with E-state index in [2.05, 4.69) is 5.32 Å². The Kier molecular flexibility index (Phi) is 6.22. The highest BCUT2D eigenvalue weighted by Gasteiger charge is 2.23. The van der Waals surface area contributed by atoms with Crippen LogP contribution in [0.5, 0.6) is 17.2 Å². The Balaban J connectivity index is 1.42. The average molecular weight is 447 g/mol. The Labute approximate surface area is 182 Å². The smallest absolute Gasteiger partial charge is 0.245 e. The number of fused-ring (bicyclic) bond motifs is 1. The van der Waals surface area contributed by atoms with Gasteiger partial charge in [0.2, 0.25) is 15.9 Å². The Morgan fingerprint density at radius 1 is 1.06 bits per heavy atom. The summed E-state index contributed by atoms with van der Waals surface area (Å²) in [6.07, 6.45) is 5.85. The van der Waals surface area contributed by atoms with Crippen LogP contribution in [0.25, 0.3) is 0 Å². The van der Waals surface area contributed by atoms with E-state index in [4.69, 9.17) is 14.2 Å². The van der Waals surface area contributed by atoms with Crippen LogP contribution in [-0.2, 0) is 14.8 Å². The van der Waals surface area contributed by atoms with E-state index in [9.17, 15) is 13.2 Å². The molecule has 0 radical (unpaired) electrons. The number of hydrogen-bond donors (Lipinski definition) is 1. The zero-order chi connectivity index (χ0) is 21.8. The van der Waals surface area contributed by atoms with Gasteiger partial charge in [0.1, 0.15) is 25.5 Å². The van der Waals surface area contributed by atoms with Crippen LogP contribution in [0, 0.1) is 0 Å². The van der Waals surface area contributed by atoms with Gasteiger partial charge < -0.3 is 19.5 Å². The summed E-state index contributed by atoms with van der Waals surface area (Å²) in [7, 11) is -3.70. The highest BCUT2D eigenvalue weighted by atomic mass is 32.2. The molecule has 2 aromatic carbocycles. The molecule has 2 aliphatic rings. The SMILES string of the molecule is CS(=O)(=O)N(CC(=O)Nc1ccc(OC2CCCC2)cc1)c1ccc2c(c1)OCCO2. The van der Waals surface area contributed by atoms with E-state index in [-0.39, 0.29) is 12.6 Å².